The van der Waals surface area contributed by atoms with Crippen molar-refractivity contribution in [2.75, 3.05) is 17.6 Å². The van der Waals surface area contributed by atoms with Crippen molar-refractivity contribution in [1.29, 1.82) is 0 Å². The molecule has 1 aromatic rings. The van der Waals surface area contributed by atoms with E-state index in [0.717, 1.165) is 22.8 Å². The number of aromatic nitrogens is 2. The van der Waals surface area contributed by atoms with Gasteiger partial charge >= 0.3 is 0 Å². The van der Waals surface area contributed by atoms with Crippen LogP contribution < -0.4 is 11.1 Å². The second-order valence-corrected chi connectivity index (χ2v) is 4.73. The molecular formula is C10H15BrN4. The first-order valence-corrected chi connectivity index (χ1v) is 6.06. The first-order chi connectivity index (χ1) is 7.27. The van der Waals surface area contributed by atoms with Crippen LogP contribution in [0.25, 0.3) is 0 Å². The van der Waals surface area contributed by atoms with Gasteiger partial charge in [0.1, 0.15) is 22.4 Å². The van der Waals surface area contributed by atoms with Crippen molar-refractivity contribution in [2.45, 2.75) is 25.7 Å². The van der Waals surface area contributed by atoms with Gasteiger partial charge in [0.25, 0.3) is 0 Å². The zero-order valence-electron chi connectivity index (χ0n) is 8.54. The van der Waals surface area contributed by atoms with Crippen molar-refractivity contribution in [2.24, 2.45) is 5.92 Å². The molecule has 3 N–H and O–H groups in total. The highest BCUT2D eigenvalue weighted by molar-refractivity contribution is 9.10. The summed E-state index contributed by atoms with van der Waals surface area (Å²) in [5, 5.41) is 3.26. The Labute approximate surface area is 97.8 Å². The second kappa shape index (κ2) is 4.79. The largest absolute Gasteiger partial charge is 0.383 e. The maximum Gasteiger partial charge on any atom is 0.145 e. The van der Waals surface area contributed by atoms with Crippen molar-refractivity contribution >= 4 is 27.6 Å². The predicted octanol–water partition coefficient (Wildman–Crippen LogP) is 2.42. The molecule has 1 aliphatic carbocycles. The fraction of sp³-hybridized carbons (Fsp3) is 0.600. The zero-order valence-corrected chi connectivity index (χ0v) is 10.1. The Bertz CT molecular complexity index is 338. The van der Waals surface area contributed by atoms with Gasteiger partial charge in [-0.05, 0) is 34.7 Å². The number of hydrogen-bond donors (Lipinski definition) is 2. The minimum Gasteiger partial charge on any atom is -0.383 e. The summed E-state index contributed by atoms with van der Waals surface area (Å²) < 4.78 is 0.761. The van der Waals surface area contributed by atoms with Crippen LogP contribution >= 0.6 is 15.9 Å². The first kappa shape index (κ1) is 10.7. The lowest BCUT2D eigenvalue weighted by Gasteiger charge is -2.07. The average Bonchev–Trinajstić information content (AvgIpc) is 3.02. The molecule has 0 radical (unpaired) electrons. The second-order valence-electron chi connectivity index (χ2n) is 3.93. The quantitative estimate of drug-likeness (QED) is 0.807. The fourth-order valence-corrected chi connectivity index (χ4v) is 1.86. The summed E-state index contributed by atoms with van der Waals surface area (Å²) in [6.45, 7) is 0.950. The Morgan fingerprint density at radius 3 is 3.00 bits per heavy atom. The molecule has 1 heterocycles. The molecule has 0 bridgehead atoms. The molecule has 1 saturated carbocycles. The van der Waals surface area contributed by atoms with Gasteiger partial charge in [-0.2, -0.15) is 0 Å². The summed E-state index contributed by atoms with van der Waals surface area (Å²) in [6, 6.07) is 0. The van der Waals surface area contributed by atoms with Gasteiger partial charge in [0.05, 0.1) is 0 Å². The van der Waals surface area contributed by atoms with Gasteiger partial charge < -0.3 is 11.1 Å². The first-order valence-electron chi connectivity index (χ1n) is 5.27. The summed E-state index contributed by atoms with van der Waals surface area (Å²) in [7, 11) is 0. The minimum atomic E-state index is 0.481. The van der Waals surface area contributed by atoms with E-state index in [4.69, 9.17) is 5.73 Å². The standard InChI is InChI=1S/C10H15BrN4/c11-8-9(12)14-6-15-10(8)13-5-1-2-7-3-4-7/h6-7H,1-5H2,(H3,12,13,14,15). The summed E-state index contributed by atoms with van der Waals surface area (Å²) >= 11 is 3.36. The van der Waals surface area contributed by atoms with Crippen LogP contribution in [0.2, 0.25) is 0 Å². The van der Waals surface area contributed by atoms with Gasteiger partial charge in [0, 0.05) is 6.54 Å². The van der Waals surface area contributed by atoms with Crippen molar-refractivity contribution in [3.63, 3.8) is 0 Å². The molecule has 5 heteroatoms. The fourth-order valence-electron chi connectivity index (χ4n) is 1.51. The molecule has 82 valence electrons. The van der Waals surface area contributed by atoms with E-state index < -0.39 is 0 Å². The smallest absolute Gasteiger partial charge is 0.145 e. The van der Waals surface area contributed by atoms with Crippen LogP contribution in [0.5, 0.6) is 0 Å². The lowest BCUT2D eigenvalue weighted by Crippen LogP contribution is -2.06. The third-order valence-electron chi connectivity index (χ3n) is 2.59. The Kier molecular flexibility index (Phi) is 3.41. The van der Waals surface area contributed by atoms with Crippen LogP contribution in [-0.2, 0) is 0 Å². The molecule has 0 aromatic carbocycles. The zero-order chi connectivity index (χ0) is 10.7. The molecular weight excluding hydrogens is 256 g/mol. The van der Waals surface area contributed by atoms with Crippen LogP contribution in [0.1, 0.15) is 25.7 Å². The van der Waals surface area contributed by atoms with Crippen molar-refractivity contribution in [3.8, 4) is 0 Å². The van der Waals surface area contributed by atoms with Gasteiger partial charge in [-0.15, -0.1) is 0 Å². The van der Waals surface area contributed by atoms with E-state index in [9.17, 15) is 0 Å². The predicted molar refractivity (Wildman–Crippen MR) is 64.6 cm³/mol. The molecule has 2 rings (SSSR count). The molecule has 0 saturated heterocycles. The number of rotatable bonds is 5. The van der Waals surface area contributed by atoms with Gasteiger partial charge in [-0.25, -0.2) is 9.97 Å². The van der Waals surface area contributed by atoms with Gasteiger partial charge in [-0.3, -0.25) is 0 Å². The Morgan fingerprint density at radius 2 is 2.27 bits per heavy atom. The highest BCUT2D eigenvalue weighted by atomic mass is 79.9. The number of nitrogen functional groups attached to an aromatic ring is 1. The molecule has 1 fully saturated rings. The van der Waals surface area contributed by atoms with E-state index in [2.05, 4.69) is 31.2 Å². The lowest BCUT2D eigenvalue weighted by atomic mass is 10.2. The molecule has 1 aromatic heterocycles. The SMILES string of the molecule is Nc1ncnc(NCCCC2CC2)c1Br. The molecule has 15 heavy (non-hydrogen) atoms. The van der Waals surface area contributed by atoms with E-state index in [1.54, 1.807) is 0 Å². The average molecular weight is 271 g/mol. The maximum atomic E-state index is 5.65. The topological polar surface area (TPSA) is 63.8 Å². The molecule has 0 atom stereocenters. The van der Waals surface area contributed by atoms with E-state index in [1.165, 1.54) is 32.0 Å². The highest BCUT2D eigenvalue weighted by Gasteiger charge is 2.20. The van der Waals surface area contributed by atoms with Crippen LogP contribution in [-0.4, -0.2) is 16.5 Å². The van der Waals surface area contributed by atoms with E-state index in [0.29, 0.717) is 5.82 Å². The van der Waals surface area contributed by atoms with Gasteiger partial charge in [-0.1, -0.05) is 12.8 Å². The molecule has 4 nitrogen and oxygen atoms in total. The third-order valence-corrected chi connectivity index (χ3v) is 3.38. The molecule has 0 amide bonds. The molecule has 0 spiro atoms. The number of nitrogens with two attached hydrogens (primary N) is 1. The molecule has 0 unspecified atom stereocenters. The summed E-state index contributed by atoms with van der Waals surface area (Å²) in [6.07, 6.45) is 6.84. The van der Waals surface area contributed by atoms with Crippen LogP contribution in [0.4, 0.5) is 11.6 Å². The Morgan fingerprint density at radius 1 is 1.47 bits per heavy atom. The molecule has 0 aliphatic heterocycles. The maximum absolute atomic E-state index is 5.65. The lowest BCUT2D eigenvalue weighted by molar-refractivity contribution is 0.686. The van der Waals surface area contributed by atoms with Gasteiger partial charge in [0.2, 0.25) is 0 Å². The van der Waals surface area contributed by atoms with Gasteiger partial charge in [0.15, 0.2) is 0 Å². The number of nitrogens with zero attached hydrogens (tertiary/aromatic N) is 2. The number of halogens is 1. The van der Waals surface area contributed by atoms with Crippen molar-refractivity contribution in [1.82, 2.24) is 9.97 Å². The van der Waals surface area contributed by atoms with E-state index in [1.807, 2.05) is 0 Å². The van der Waals surface area contributed by atoms with Crippen LogP contribution in [0, 0.1) is 5.92 Å². The molecule has 1 aliphatic rings. The minimum absolute atomic E-state index is 0.481. The van der Waals surface area contributed by atoms with Crippen molar-refractivity contribution in [3.05, 3.63) is 10.8 Å². The normalized spacial score (nSPS) is 15.3. The third kappa shape index (κ3) is 3.06. The summed E-state index contributed by atoms with van der Waals surface area (Å²) in [5.74, 6) is 2.26. The Hall–Kier alpha value is -0.840. The highest BCUT2D eigenvalue weighted by Crippen LogP contribution is 2.33. The monoisotopic (exact) mass is 270 g/mol. The number of anilines is 2. The van der Waals surface area contributed by atoms with Crippen molar-refractivity contribution < 1.29 is 0 Å². The van der Waals surface area contributed by atoms with Crippen LogP contribution in [0.3, 0.4) is 0 Å². The Balaban J connectivity index is 1.78. The number of hydrogen-bond acceptors (Lipinski definition) is 4. The summed E-state index contributed by atoms with van der Waals surface area (Å²) in [4.78, 5) is 8.01. The van der Waals surface area contributed by atoms with E-state index >= 15 is 0 Å². The summed E-state index contributed by atoms with van der Waals surface area (Å²) in [5.41, 5.74) is 5.65. The number of nitrogens with one attached hydrogen (secondary N) is 1. The van der Waals surface area contributed by atoms with E-state index in [-0.39, 0.29) is 0 Å². The van der Waals surface area contributed by atoms with Crippen LogP contribution in [0.15, 0.2) is 10.8 Å².